The van der Waals surface area contributed by atoms with Crippen LogP contribution in [0.25, 0.3) is 0 Å². The van der Waals surface area contributed by atoms with Crippen LogP contribution in [0.5, 0.6) is 5.75 Å². The maximum atomic E-state index is 6.36. The lowest BCUT2D eigenvalue weighted by molar-refractivity contribution is -0.0104. The van der Waals surface area contributed by atoms with Crippen molar-refractivity contribution in [2.45, 2.75) is 51.2 Å². The van der Waals surface area contributed by atoms with E-state index in [1.54, 1.807) is 7.11 Å². The third kappa shape index (κ3) is 3.24. The zero-order chi connectivity index (χ0) is 14.7. The van der Waals surface area contributed by atoms with E-state index in [4.69, 9.17) is 9.47 Å². The summed E-state index contributed by atoms with van der Waals surface area (Å²) in [4.78, 5) is 0. The Morgan fingerprint density at radius 2 is 1.86 bits per heavy atom. The van der Waals surface area contributed by atoms with Gasteiger partial charge in [0.05, 0.1) is 19.8 Å². The number of ether oxygens (including phenoxy) is 2. The minimum Gasteiger partial charge on any atom is -0.497 e. The summed E-state index contributed by atoms with van der Waals surface area (Å²) < 4.78 is 11.6. The van der Waals surface area contributed by atoms with Crippen molar-refractivity contribution in [3.8, 4) is 5.75 Å². The molecule has 0 amide bonds. The summed E-state index contributed by atoms with van der Waals surface area (Å²) in [5, 5.41) is 3.73. The van der Waals surface area contributed by atoms with Gasteiger partial charge in [0.2, 0.25) is 0 Å². The summed E-state index contributed by atoms with van der Waals surface area (Å²) in [7, 11) is 1.70. The van der Waals surface area contributed by atoms with E-state index in [-0.39, 0.29) is 6.10 Å². The molecule has 1 saturated heterocycles. The van der Waals surface area contributed by atoms with Crippen LogP contribution < -0.4 is 10.1 Å². The molecule has 116 valence electrons. The van der Waals surface area contributed by atoms with Crippen molar-refractivity contribution in [1.82, 2.24) is 5.32 Å². The highest BCUT2D eigenvalue weighted by Gasteiger charge is 2.37. The third-order valence-electron chi connectivity index (χ3n) is 5.18. The molecule has 2 fully saturated rings. The van der Waals surface area contributed by atoms with E-state index in [1.165, 1.54) is 37.7 Å². The topological polar surface area (TPSA) is 30.5 Å². The number of rotatable bonds is 2. The van der Waals surface area contributed by atoms with Crippen molar-refractivity contribution < 1.29 is 9.47 Å². The quantitative estimate of drug-likeness (QED) is 0.900. The average molecular weight is 289 g/mol. The van der Waals surface area contributed by atoms with Gasteiger partial charge in [0.25, 0.3) is 0 Å². The molecule has 2 atom stereocenters. The lowest BCUT2D eigenvalue weighted by atomic mass is 9.74. The molecule has 1 aromatic rings. The van der Waals surface area contributed by atoms with Gasteiger partial charge in [-0.05, 0) is 37.5 Å². The van der Waals surface area contributed by atoms with E-state index in [2.05, 4.69) is 24.4 Å². The molecule has 0 bridgehead atoms. The lowest BCUT2D eigenvalue weighted by Crippen LogP contribution is -2.39. The highest BCUT2D eigenvalue weighted by atomic mass is 16.5. The second-order valence-corrected chi connectivity index (χ2v) is 6.74. The van der Waals surface area contributed by atoms with Crippen molar-refractivity contribution in [2.24, 2.45) is 5.41 Å². The highest BCUT2D eigenvalue weighted by Crippen LogP contribution is 2.39. The fourth-order valence-electron chi connectivity index (χ4n) is 3.75. The molecule has 3 nitrogen and oxygen atoms in total. The van der Waals surface area contributed by atoms with Crippen molar-refractivity contribution >= 4 is 0 Å². The summed E-state index contributed by atoms with van der Waals surface area (Å²) in [5.74, 6) is 0.900. The summed E-state index contributed by atoms with van der Waals surface area (Å²) in [6, 6.07) is 8.64. The van der Waals surface area contributed by atoms with Crippen LogP contribution in [0, 0.1) is 5.41 Å². The second-order valence-electron chi connectivity index (χ2n) is 6.74. The zero-order valence-electron chi connectivity index (χ0n) is 13.2. The Morgan fingerprint density at radius 3 is 2.52 bits per heavy atom. The summed E-state index contributed by atoms with van der Waals surface area (Å²) >= 11 is 0. The molecule has 2 unspecified atom stereocenters. The number of methoxy groups -OCH3 is 1. The molecule has 21 heavy (non-hydrogen) atoms. The lowest BCUT2D eigenvalue weighted by Gasteiger charge is -2.35. The van der Waals surface area contributed by atoms with Crippen LogP contribution in [0.2, 0.25) is 0 Å². The molecule has 0 radical (unpaired) electrons. The molecule has 1 aromatic carbocycles. The Balaban J connectivity index is 1.73. The van der Waals surface area contributed by atoms with Crippen molar-refractivity contribution in [3.63, 3.8) is 0 Å². The van der Waals surface area contributed by atoms with Gasteiger partial charge in [-0.15, -0.1) is 0 Å². The highest BCUT2D eigenvalue weighted by molar-refractivity contribution is 5.29. The van der Waals surface area contributed by atoms with Gasteiger partial charge in [0.15, 0.2) is 0 Å². The van der Waals surface area contributed by atoms with Crippen LogP contribution in [-0.2, 0) is 4.74 Å². The predicted octanol–water partition coefficient (Wildman–Crippen LogP) is 3.70. The number of hydrogen-bond acceptors (Lipinski definition) is 3. The van der Waals surface area contributed by atoms with E-state index in [1.807, 2.05) is 12.1 Å². The molecule has 1 spiro atoms. The van der Waals surface area contributed by atoms with Gasteiger partial charge in [-0.1, -0.05) is 31.4 Å². The molecule has 1 saturated carbocycles. The van der Waals surface area contributed by atoms with Gasteiger partial charge in [0, 0.05) is 18.0 Å². The SMILES string of the molecule is COc1ccc(C2OCC3(CCCCC3)CNC2C)cc1. The monoisotopic (exact) mass is 289 g/mol. The van der Waals surface area contributed by atoms with Gasteiger partial charge < -0.3 is 14.8 Å². The molecular weight excluding hydrogens is 262 g/mol. The second kappa shape index (κ2) is 6.37. The minimum atomic E-state index is 0.136. The van der Waals surface area contributed by atoms with Crippen LogP contribution >= 0.6 is 0 Å². The Morgan fingerprint density at radius 1 is 1.14 bits per heavy atom. The van der Waals surface area contributed by atoms with Crippen LogP contribution in [0.3, 0.4) is 0 Å². The Labute approximate surface area is 128 Å². The van der Waals surface area contributed by atoms with E-state index < -0.39 is 0 Å². The number of benzene rings is 1. The fraction of sp³-hybridized carbons (Fsp3) is 0.667. The smallest absolute Gasteiger partial charge is 0.118 e. The molecule has 1 heterocycles. The van der Waals surface area contributed by atoms with Crippen molar-refractivity contribution in [1.29, 1.82) is 0 Å². The van der Waals surface area contributed by atoms with Gasteiger partial charge >= 0.3 is 0 Å². The normalized spacial score (nSPS) is 29.0. The van der Waals surface area contributed by atoms with Crippen LogP contribution in [0.4, 0.5) is 0 Å². The minimum absolute atomic E-state index is 0.136. The summed E-state index contributed by atoms with van der Waals surface area (Å²) in [6.07, 6.45) is 6.85. The molecule has 2 aliphatic rings. The van der Waals surface area contributed by atoms with Gasteiger partial charge in [-0.3, -0.25) is 0 Å². The molecule has 1 aliphatic heterocycles. The van der Waals surface area contributed by atoms with Crippen LogP contribution in [-0.4, -0.2) is 26.3 Å². The standard InChI is InChI=1S/C18H27NO2/c1-14-17(15-6-8-16(20-2)9-7-15)21-13-18(12-19-14)10-4-3-5-11-18/h6-9,14,17,19H,3-5,10-13H2,1-2H3. The predicted molar refractivity (Wildman–Crippen MR) is 84.7 cm³/mol. The van der Waals surface area contributed by atoms with Gasteiger partial charge in [-0.2, -0.15) is 0 Å². The fourth-order valence-corrected chi connectivity index (χ4v) is 3.75. The van der Waals surface area contributed by atoms with E-state index in [0.29, 0.717) is 11.5 Å². The first kappa shape index (κ1) is 14.9. The average Bonchev–Trinajstić information content (AvgIpc) is 2.69. The number of hydrogen-bond donors (Lipinski definition) is 1. The summed E-state index contributed by atoms with van der Waals surface area (Å²) in [5.41, 5.74) is 1.61. The molecular formula is C18H27NO2. The van der Waals surface area contributed by atoms with Crippen molar-refractivity contribution in [2.75, 3.05) is 20.3 Å². The molecule has 0 aromatic heterocycles. The third-order valence-corrected chi connectivity index (χ3v) is 5.18. The first-order chi connectivity index (χ1) is 10.2. The van der Waals surface area contributed by atoms with Gasteiger partial charge in [0.1, 0.15) is 5.75 Å². The zero-order valence-corrected chi connectivity index (χ0v) is 13.2. The molecule has 1 N–H and O–H groups in total. The van der Waals surface area contributed by atoms with E-state index >= 15 is 0 Å². The largest absolute Gasteiger partial charge is 0.497 e. The van der Waals surface area contributed by atoms with Crippen LogP contribution in [0.1, 0.15) is 50.7 Å². The van der Waals surface area contributed by atoms with Crippen LogP contribution in [0.15, 0.2) is 24.3 Å². The van der Waals surface area contributed by atoms with Crippen molar-refractivity contribution in [3.05, 3.63) is 29.8 Å². The Kier molecular flexibility index (Phi) is 4.51. The summed E-state index contributed by atoms with van der Waals surface area (Å²) in [6.45, 7) is 4.22. The van der Waals surface area contributed by atoms with E-state index in [0.717, 1.165) is 18.9 Å². The van der Waals surface area contributed by atoms with Gasteiger partial charge in [-0.25, -0.2) is 0 Å². The Bertz CT molecular complexity index is 451. The number of nitrogens with one attached hydrogen (secondary N) is 1. The first-order valence-corrected chi connectivity index (χ1v) is 8.21. The molecule has 1 aliphatic carbocycles. The first-order valence-electron chi connectivity index (χ1n) is 8.21. The Hall–Kier alpha value is -1.06. The maximum absolute atomic E-state index is 6.36. The maximum Gasteiger partial charge on any atom is 0.118 e. The molecule has 3 rings (SSSR count). The molecule has 3 heteroatoms. The van der Waals surface area contributed by atoms with E-state index in [9.17, 15) is 0 Å².